The molecule has 0 radical (unpaired) electrons. The molecular weight excluding hydrogens is 243 g/mol. The Balaban J connectivity index is 2.13. The van der Waals surface area contributed by atoms with E-state index >= 15 is 0 Å². The minimum absolute atomic E-state index is 0.000719. The maximum atomic E-state index is 13.8. The number of carbonyl (C=O) groups excluding carboxylic acids is 1. The number of nitrogens with zero attached hydrogens (tertiary/aromatic N) is 1. The lowest BCUT2D eigenvalue weighted by Crippen LogP contribution is -2.37. The highest BCUT2D eigenvalue weighted by atomic mass is 19.1. The first-order valence-electron chi connectivity index (χ1n) is 6.74. The zero-order valence-corrected chi connectivity index (χ0v) is 11.7. The zero-order chi connectivity index (χ0) is 14.0. The van der Waals surface area contributed by atoms with Crippen molar-refractivity contribution in [1.82, 2.24) is 10.2 Å². The number of hydrogen-bond donors (Lipinski definition) is 1. The summed E-state index contributed by atoms with van der Waals surface area (Å²) in [5.41, 5.74) is 0.567. The van der Waals surface area contributed by atoms with Gasteiger partial charge < -0.3 is 10.2 Å². The molecule has 1 fully saturated rings. The Kier molecular flexibility index (Phi) is 4.20. The van der Waals surface area contributed by atoms with Crippen molar-refractivity contribution >= 4 is 5.91 Å². The molecule has 1 heterocycles. The zero-order valence-electron chi connectivity index (χ0n) is 11.7. The monoisotopic (exact) mass is 264 g/mol. The Morgan fingerprint density at radius 3 is 2.68 bits per heavy atom. The van der Waals surface area contributed by atoms with Gasteiger partial charge in [-0.1, -0.05) is 25.1 Å². The fraction of sp³-hybridized carbons (Fsp3) is 0.533. The van der Waals surface area contributed by atoms with Gasteiger partial charge in [-0.2, -0.15) is 0 Å². The Bertz CT molecular complexity index is 463. The van der Waals surface area contributed by atoms with Gasteiger partial charge in [0.1, 0.15) is 5.82 Å². The molecule has 3 nitrogen and oxygen atoms in total. The van der Waals surface area contributed by atoms with E-state index in [4.69, 9.17) is 0 Å². The molecule has 1 saturated heterocycles. The summed E-state index contributed by atoms with van der Waals surface area (Å²) in [4.78, 5) is 14.1. The van der Waals surface area contributed by atoms with Crippen LogP contribution >= 0.6 is 0 Å². The molecule has 104 valence electrons. The van der Waals surface area contributed by atoms with Crippen LogP contribution < -0.4 is 5.32 Å². The van der Waals surface area contributed by atoms with Crippen LogP contribution in [0, 0.1) is 17.7 Å². The third-order valence-electron chi connectivity index (χ3n) is 4.12. The van der Waals surface area contributed by atoms with E-state index < -0.39 is 0 Å². The SMILES string of the molecule is CC(c1ccccc1F)N(C)C(=O)[C@@H]1CNC[C@H]1C. The summed E-state index contributed by atoms with van der Waals surface area (Å²) >= 11 is 0. The molecule has 0 spiro atoms. The summed E-state index contributed by atoms with van der Waals surface area (Å²) in [6.45, 7) is 5.53. The molecular formula is C15H21FN2O. The summed E-state index contributed by atoms with van der Waals surface area (Å²) in [6.07, 6.45) is 0. The van der Waals surface area contributed by atoms with Gasteiger partial charge in [-0.15, -0.1) is 0 Å². The van der Waals surface area contributed by atoms with E-state index in [1.54, 1.807) is 30.1 Å². The van der Waals surface area contributed by atoms with Gasteiger partial charge in [0.05, 0.1) is 12.0 Å². The number of amides is 1. The minimum Gasteiger partial charge on any atom is -0.339 e. The molecule has 1 N–H and O–H groups in total. The van der Waals surface area contributed by atoms with Crippen LogP contribution in [-0.4, -0.2) is 30.9 Å². The molecule has 0 aliphatic carbocycles. The van der Waals surface area contributed by atoms with Crippen molar-refractivity contribution in [2.24, 2.45) is 11.8 Å². The second-order valence-corrected chi connectivity index (χ2v) is 5.39. The van der Waals surface area contributed by atoms with Gasteiger partial charge >= 0.3 is 0 Å². The van der Waals surface area contributed by atoms with Gasteiger partial charge in [0.15, 0.2) is 0 Å². The molecule has 1 aliphatic heterocycles. The van der Waals surface area contributed by atoms with Crippen molar-refractivity contribution < 1.29 is 9.18 Å². The van der Waals surface area contributed by atoms with E-state index in [1.807, 2.05) is 6.92 Å². The number of nitrogens with one attached hydrogen (secondary N) is 1. The van der Waals surface area contributed by atoms with Crippen molar-refractivity contribution in [2.75, 3.05) is 20.1 Å². The quantitative estimate of drug-likeness (QED) is 0.907. The third-order valence-corrected chi connectivity index (χ3v) is 4.12. The smallest absolute Gasteiger partial charge is 0.227 e. The van der Waals surface area contributed by atoms with Gasteiger partial charge in [0.25, 0.3) is 0 Å². The molecule has 0 bridgehead atoms. The van der Waals surface area contributed by atoms with Crippen LogP contribution in [-0.2, 0) is 4.79 Å². The molecule has 0 aromatic heterocycles. The van der Waals surface area contributed by atoms with E-state index in [-0.39, 0.29) is 23.7 Å². The summed E-state index contributed by atoms with van der Waals surface area (Å²) in [7, 11) is 1.75. The van der Waals surface area contributed by atoms with Crippen LogP contribution in [0.15, 0.2) is 24.3 Å². The summed E-state index contributed by atoms with van der Waals surface area (Å²) in [5.74, 6) is 0.169. The molecule has 19 heavy (non-hydrogen) atoms. The van der Waals surface area contributed by atoms with Gasteiger partial charge in [-0.3, -0.25) is 4.79 Å². The summed E-state index contributed by atoms with van der Waals surface area (Å²) in [6, 6.07) is 6.38. The Morgan fingerprint density at radius 2 is 2.11 bits per heavy atom. The lowest BCUT2D eigenvalue weighted by atomic mass is 9.95. The predicted octanol–water partition coefficient (Wildman–Crippen LogP) is 2.20. The summed E-state index contributed by atoms with van der Waals surface area (Å²) in [5, 5.41) is 3.23. The highest BCUT2D eigenvalue weighted by Crippen LogP contribution is 2.26. The molecule has 1 amide bonds. The lowest BCUT2D eigenvalue weighted by molar-refractivity contribution is -0.136. The van der Waals surface area contributed by atoms with Crippen LogP contribution in [0.2, 0.25) is 0 Å². The van der Waals surface area contributed by atoms with Crippen molar-refractivity contribution in [2.45, 2.75) is 19.9 Å². The number of hydrogen-bond acceptors (Lipinski definition) is 2. The van der Waals surface area contributed by atoms with Crippen molar-refractivity contribution in [3.05, 3.63) is 35.6 Å². The normalized spacial score (nSPS) is 24.2. The average Bonchev–Trinajstić information content (AvgIpc) is 2.83. The number of halogens is 1. The van der Waals surface area contributed by atoms with Crippen LogP contribution in [0.25, 0.3) is 0 Å². The van der Waals surface area contributed by atoms with E-state index in [1.165, 1.54) is 6.07 Å². The van der Waals surface area contributed by atoms with Crippen LogP contribution in [0.4, 0.5) is 4.39 Å². The maximum Gasteiger partial charge on any atom is 0.227 e. The third kappa shape index (κ3) is 2.78. The molecule has 1 aliphatic rings. The van der Waals surface area contributed by atoms with Crippen molar-refractivity contribution in [3.63, 3.8) is 0 Å². The molecule has 2 rings (SSSR count). The van der Waals surface area contributed by atoms with Gasteiger partial charge in [0, 0.05) is 19.2 Å². The summed E-state index contributed by atoms with van der Waals surface area (Å²) < 4.78 is 13.8. The van der Waals surface area contributed by atoms with Crippen LogP contribution in [0.3, 0.4) is 0 Å². The number of carbonyl (C=O) groups is 1. The van der Waals surface area contributed by atoms with E-state index in [2.05, 4.69) is 12.2 Å². The molecule has 4 heteroatoms. The predicted molar refractivity (Wildman–Crippen MR) is 73.1 cm³/mol. The van der Waals surface area contributed by atoms with E-state index in [0.717, 1.165) is 6.54 Å². The number of benzene rings is 1. The largest absolute Gasteiger partial charge is 0.339 e. The van der Waals surface area contributed by atoms with Gasteiger partial charge in [-0.05, 0) is 25.5 Å². The van der Waals surface area contributed by atoms with Crippen molar-refractivity contribution in [1.29, 1.82) is 0 Å². The van der Waals surface area contributed by atoms with Crippen molar-refractivity contribution in [3.8, 4) is 0 Å². The first kappa shape index (κ1) is 14.0. The molecule has 1 unspecified atom stereocenters. The Labute approximate surface area is 113 Å². The molecule has 3 atom stereocenters. The molecule has 1 aromatic carbocycles. The number of rotatable bonds is 3. The minimum atomic E-state index is -0.257. The first-order valence-corrected chi connectivity index (χ1v) is 6.74. The fourth-order valence-corrected chi connectivity index (χ4v) is 2.62. The highest BCUT2D eigenvalue weighted by Gasteiger charge is 2.33. The van der Waals surface area contributed by atoms with E-state index in [0.29, 0.717) is 18.0 Å². The first-order chi connectivity index (χ1) is 9.02. The average molecular weight is 264 g/mol. The Morgan fingerprint density at radius 1 is 1.42 bits per heavy atom. The highest BCUT2D eigenvalue weighted by molar-refractivity contribution is 5.80. The van der Waals surface area contributed by atoms with E-state index in [9.17, 15) is 9.18 Å². The van der Waals surface area contributed by atoms with Crippen LogP contribution in [0.1, 0.15) is 25.5 Å². The molecule has 1 aromatic rings. The fourth-order valence-electron chi connectivity index (χ4n) is 2.62. The standard InChI is InChI=1S/C15H21FN2O/c1-10-8-17-9-13(10)15(19)18(3)11(2)12-6-4-5-7-14(12)16/h4-7,10-11,13,17H,8-9H2,1-3H3/t10-,11?,13-/m1/s1. The lowest BCUT2D eigenvalue weighted by Gasteiger charge is -2.29. The Hall–Kier alpha value is -1.42. The molecule has 0 saturated carbocycles. The topological polar surface area (TPSA) is 32.3 Å². The van der Waals surface area contributed by atoms with Gasteiger partial charge in [-0.25, -0.2) is 4.39 Å². The second kappa shape index (κ2) is 5.70. The van der Waals surface area contributed by atoms with Crippen LogP contribution in [0.5, 0.6) is 0 Å². The maximum absolute atomic E-state index is 13.8. The second-order valence-electron chi connectivity index (χ2n) is 5.39. The van der Waals surface area contributed by atoms with Gasteiger partial charge in [0.2, 0.25) is 5.91 Å².